The average Bonchev–Trinajstić information content (AvgIpc) is 3.20. The quantitative estimate of drug-likeness (QED) is 0.260. The molecular formula is C33H32O5. The first kappa shape index (κ1) is 25.6. The average molecular weight is 509 g/mol. The van der Waals surface area contributed by atoms with Gasteiger partial charge in [0.2, 0.25) is 0 Å². The normalized spacial score (nSPS) is 13.6. The van der Waals surface area contributed by atoms with Crippen molar-refractivity contribution in [2.45, 2.75) is 39.7 Å². The Balaban J connectivity index is 1.40. The molecule has 0 aliphatic heterocycles. The Labute approximate surface area is 223 Å². The summed E-state index contributed by atoms with van der Waals surface area (Å²) in [6.07, 6.45) is 0.0730. The molecule has 0 heterocycles. The van der Waals surface area contributed by atoms with E-state index in [0.717, 1.165) is 61.6 Å². The van der Waals surface area contributed by atoms with Crippen molar-refractivity contribution >= 4 is 5.97 Å². The van der Waals surface area contributed by atoms with Crippen molar-refractivity contribution < 1.29 is 24.5 Å². The molecular weight excluding hydrogens is 476 g/mol. The lowest BCUT2D eigenvalue weighted by atomic mass is 9.90. The van der Waals surface area contributed by atoms with E-state index in [4.69, 9.17) is 14.6 Å². The van der Waals surface area contributed by atoms with Gasteiger partial charge in [-0.2, -0.15) is 0 Å². The van der Waals surface area contributed by atoms with Crippen molar-refractivity contribution in [1.29, 1.82) is 0 Å². The van der Waals surface area contributed by atoms with E-state index in [9.17, 15) is 9.90 Å². The Morgan fingerprint density at radius 3 is 2.24 bits per heavy atom. The maximum atomic E-state index is 11.5. The van der Waals surface area contributed by atoms with Crippen LogP contribution < -0.4 is 9.47 Å². The van der Waals surface area contributed by atoms with Gasteiger partial charge >= 0.3 is 5.97 Å². The number of benzene rings is 4. The summed E-state index contributed by atoms with van der Waals surface area (Å²) in [5.74, 6) is 0.584. The number of carboxylic acids is 1. The zero-order valence-electron chi connectivity index (χ0n) is 22.0. The van der Waals surface area contributed by atoms with Crippen LogP contribution in [0, 0.1) is 20.8 Å². The lowest BCUT2D eigenvalue weighted by Gasteiger charge is -2.18. The standard InChI is InChI=1S/C33H32O5/c1-20-15-25(37-14-13-34)16-21(2)33(20)26-10-6-7-23(22(26)3)19-38-24-11-12-29-30(17-24)27-8-4-5-9-28(27)31(29)18-32(35)36/h4-12,15-17,31,34H,13-14,18-19H2,1-3H3,(H,35,36)/t31-/m0/s1. The van der Waals surface area contributed by atoms with Gasteiger partial charge in [0.05, 0.1) is 13.0 Å². The van der Waals surface area contributed by atoms with Gasteiger partial charge in [-0.15, -0.1) is 0 Å². The summed E-state index contributed by atoms with van der Waals surface area (Å²) in [4.78, 5) is 11.5. The van der Waals surface area contributed by atoms with E-state index < -0.39 is 5.97 Å². The summed E-state index contributed by atoms with van der Waals surface area (Å²) >= 11 is 0. The number of aliphatic hydroxyl groups excluding tert-OH is 1. The molecule has 0 fully saturated rings. The van der Waals surface area contributed by atoms with Gasteiger partial charge < -0.3 is 19.7 Å². The van der Waals surface area contributed by atoms with Crippen LogP contribution in [0.15, 0.2) is 72.8 Å². The van der Waals surface area contributed by atoms with Crippen molar-refractivity contribution in [3.8, 4) is 33.8 Å². The number of carbonyl (C=O) groups is 1. The fourth-order valence-electron chi connectivity index (χ4n) is 5.64. The maximum Gasteiger partial charge on any atom is 0.304 e. The van der Waals surface area contributed by atoms with Crippen LogP contribution in [0.2, 0.25) is 0 Å². The van der Waals surface area contributed by atoms with Crippen LogP contribution >= 0.6 is 0 Å². The van der Waals surface area contributed by atoms with Gasteiger partial charge in [-0.3, -0.25) is 4.79 Å². The number of aliphatic hydroxyl groups is 1. The van der Waals surface area contributed by atoms with Gasteiger partial charge in [-0.1, -0.05) is 48.5 Å². The molecule has 4 aromatic carbocycles. The second-order valence-corrected chi connectivity index (χ2v) is 9.87. The minimum atomic E-state index is -0.800. The van der Waals surface area contributed by atoms with Crippen LogP contribution in [0.5, 0.6) is 11.5 Å². The molecule has 38 heavy (non-hydrogen) atoms. The molecule has 0 bridgehead atoms. The molecule has 1 aliphatic rings. The number of aliphatic carboxylic acids is 1. The Bertz CT molecular complexity index is 1480. The smallest absolute Gasteiger partial charge is 0.304 e. The molecule has 5 nitrogen and oxygen atoms in total. The lowest BCUT2D eigenvalue weighted by molar-refractivity contribution is -0.137. The van der Waals surface area contributed by atoms with E-state index in [0.29, 0.717) is 6.61 Å². The highest BCUT2D eigenvalue weighted by Crippen LogP contribution is 2.47. The molecule has 0 amide bonds. The zero-order chi connectivity index (χ0) is 26.8. The van der Waals surface area contributed by atoms with E-state index in [1.807, 2.05) is 48.5 Å². The molecule has 1 aliphatic carbocycles. The van der Waals surface area contributed by atoms with Crippen molar-refractivity contribution in [3.05, 3.63) is 106 Å². The van der Waals surface area contributed by atoms with Gasteiger partial charge in [0.15, 0.2) is 0 Å². The van der Waals surface area contributed by atoms with Crippen LogP contribution in [-0.2, 0) is 11.4 Å². The number of ether oxygens (including phenoxy) is 2. The minimum Gasteiger partial charge on any atom is -0.491 e. The van der Waals surface area contributed by atoms with Crippen molar-refractivity contribution in [2.75, 3.05) is 13.2 Å². The summed E-state index contributed by atoms with van der Waals surface area (Å²) in [6.45, 7) is 6.97. The van der Waals surface area contributed by atoms with E-state index in [1.54, 1.807) is 0 Å². The fourth-order valence-corrected chi connectivity index (χ4v) is 5.64. The molecule has 0 radical (unpaired) electrons. The topological polar surface area (TPSA) is 76.0 Å². The summed E-state index contributed by atoms with van der Waals surface area (Å²) < 4.78 is 11.9. The molecule has 5 rings (SSSR count). The third-order valence-corrected chi connectivity index (χ3v) is 7.38. The SMILES string of the molecule is Cc1cc(OCCO)cc(C)c1-c1cccc(COc2ccc3c(c2)-c2ccccc2[C@@H]3CC(=O)O)c1C. The molecule has 5 heteroatoms. The molecule has 2 N–H and O–H groups in total. The number of aryl methyl sites for hydroxylation is 2. The lowest BCUT2D eigenvalue weighted by Crippen LogP contribution is -2.05. The highest BCUT2D eigenvalue weighted by molar-refractivity contribution is 5.82. The molecule has 0 unspecified atom stereocenters. The fraction of sp³-hybridized carbons (Fsp3) is 0.242. The Morgan fingerprint density at radius 2 is 1.50 bits per heavy atom. The third kappa shape index (κ3) is 4.90. The first-order valence-electron chi connectivity index (χ1n) is 12.9. The van der Waals surface area contributed by atoms with Gasteiger partial charge in [-0.25, -0.2) is 0 Å². The number of hydrogen-bond donors (Lipinski definition) is 2. The number of carboxylic acid groups (broad SMARTS) is 1. The maximum absolute atomic E-state index is 11.5. The van der Waals surface area contributed by atoms with E-state index in [2.05, 4.69) is 45.0 Å². The van der Waals surface area contributed by atoms with Gasteiger partial charge in [0.25, 0.3) is 0 Å². The van der Waals surface area contributed by atoms with Gasteiger partial charge in [-0.05, 0) is 101 Å². The zero-order valence-corrected chi connectivity index (χ0v) is 22.0. The van der Waals surface area contributed by atoms with Crippen molar-refractivity contribution in [1.82, 2.24) is 0 Å². The predicted octanol–water partition coefficient (Wildman–Crippen LogP) is 6.82. The Kier molecular flexibility index (Phi) is 7.21. The largest absolute Gasteiger partial charge is 0.491 e. The summed E-state index contributed by atoms with van der Waals surface area (Å²) in [5.41, 5.74) is 11.1. The predicted molar refractivity (Wildman–Crippen MR) is 149 cm³/mol. The molecule has 0 saturated heterocycles. The monoisotopic (exact) mass is 508 g/mol. The molecule has 0 saturated carbocycles. The summed E-state index contributed by atoms with van der Waals surface area (Å²) in [7, 11) is 0. The van der Waals surface area contributed by atoms with Crippen LogP contribution in [-0.4, -0.2) is 29.4 Å². The highest BCUT2D eigenvalue weighted by Gasteiger charge is 2.30. The molecule has 1 atom stereocenters. The number of fused-ring (bicyclic) bond motifs is 3. The molecule has 194 valence electrons. The van der Waals surface area contributed by atoms with Crippen LogP contribution in [0.4, 0.5) is 0 Å². The first-order chi connectivity index (χ1) is 18.4. The molecule has 0 spiro atoms. The molecule has 4 aromatic rings. The Hall–Kier alpha value is -4.09. The summed E-state index contributed by atoms with van der Waals surface area (Å²) in [5, 5.41) is 18.5. The molecule has 0 aromatic heterocycles. The second kappa shape index (κ2) is 10.7. The van der Waals surface area contributed by atoms with Crippen LogP contribution in [0.1, 0.15) is 45.7 Å². The number of rotatable bonds is 9. The van der Waals surface area contributed by atoms with Crippen molar-refractivity contribution in [2.24, 2.45) is 0 Å². The van der Waals surface area contributed by atoms with Gasteiger partial charge in [0, 0.05) is 5.92 Å². The van der Waals surface area contributed by atoms with E-state index in [1.165, 1.54) is 5.56 Å². The minimum absolute atomic E-state index is 0.0132. The second-order valence-electron chi connectivity index (χ2n) is 9.87. The van der Waals surface area contributed by atoms with E-state index >= 15 is 0 Å². The van der Waals surface area contributed by atoms with Crippen molar-refractivity contribution in [3.63, 3.8) is 0 Å². The van der Waals surface area contributed by atoms with Crippen LogP contribution in [0.3, 0.4) is 0 Å². The van der Waals surface area contributed by atoms with Gasteiger partial charge in [0.1, 0.15) is 24.7 Å². The summed E-state index contributed by atoms with van der Waals surface area (Å²) in [6, 6.07) is 24.3. The highest BCUT2D eigenvalue weighted by atomic mass is 16.5. The van der Waals surface area contributed by atoms with E-state index in [-0.39, 0.29) is 25.6 Å². The first-order valence-corrected chi connectivity index (χ1v) is 12.9. The number of hydrogen-bond acceptors (Lipinski definition) is 4. The third-order valence-electron chi connectivity index (χ3n) is 7.38. The Morgan fingerprint density at radius 1 is 0.789 bits per heavy atom. The van der Waals surface area contributed by atoms with Crippen LogP contribution in [0.25, 0.3) is 22.3 Å².